The molecule has 118 valence electrons. The largest absolute Gasteiger partial charge is 0.330 e. The van der Waals surface area contributed by atoms with Crippen LogP contribution in [0.3, 0.4) is 0 Å². The molecule has 1 saturated heterocycles. The molecule has 3 rings (SSSR count). The fourth-order valence-electron chi connectivity index (χ4n) is 2.88. The first-order valence-electron chi connectivity index (χ1n) is 7.58. The molecule has 2 aromatic rings. The smallest absolute Gasteiger partial charge is 0.292 e. The van der Waals surface area contributed by atoms with Gasteiger partial charge in [-0.3, -0.25) is 9.59 Å². The number of hydrogen-bond acceptors (Lipinski definition) is 2. The van der Waals surface area contributed by atoms with Gasteiger partial charge in [0.2, 0.25) is 5.91 Å². The van der Waals surface area contributed by atoms with Crippen LogP contribution in [0.15, 0.2) is 54.6 Å². The van der Waals surface area contributed by atoms with E-state index < -0.39 is 0 Å². The number of imide groups is 1. The van der Waals surface area contributed by atoms with E-state index in [1.54, 1.807) is 24.3 Å². The topological polar surface area (TPSA) is 54.0 Å². The predicted octanol–water partition coefficient (Wildman–Crippen LogP) is 2.30. The standard InChI is InChI=1S/C18H17ClN2O2/c1-12(13-5-3-2-4-6-13)20-16-11-17(22)21(18(16)23)15-9-7-14(19)8-10-15/h2-10,12,16,20H,11H2,1H3/p+1/t12-,16-/m1/s1. The maximum absolute atomic E-state index is 12.6. The summed E-state index contributed by atoms with van der Waals surface area (Å²) in [5, 5.41) is 2.54. The maximum atomic E-state index is 12.6. The van der Waals surface area contributed by atoms with Gasteiger partial charge in [-0.05, 0) is 31.2 Å². The summed E-state index contributed by atoms with van der Waals surface area (Å²) in [4.78, 5) is 26.1. The Balaban J connectivity index is 1.75. The van der Waals surface area contributed by atoms with Crippen molar-refractivity contribution in [2.24, 2.45) is 0 Å². The lowest BCUT2D eigenvalue weighted by Crippen LogP contribution is -2.91. The third-order valence-electron chi connectivity index (χ3n) is 4.11. The molecular weight excluding hydrogens is 312 g/mol. The zero-order chi connectivity index (χ0) is 16.4. The number of carbonyl (C=O) groups is 2. The molecule has 0 spiro atoms. The van der Waals surface area contributed by atoms with Gasteiger partial charge >= 0.3 is 0 Å². The molecule has 0 saturated carbocycles. The first-order valence-corrected chi connectivity index (χ1v) is 7.96. The summed E-state index contributed by atoms with van der Waals surface area (Å²) in [7, 11) is 0. The zero-order valence-corrected chi connectivity index (χ0v) is 13.5. The number of rotatable bonds is 4. The van der Waals surface area contributed by atoms with Crippen molar-refractivity contribution in [2.45, 2.75) is 25.4 Å². The van der Waals surface area contributed by atoms with E-state index in [0.29, 0.717) is 10.7 Å². The minimum atomic E-state index is -0.381. The van der Waals surface area contributed by atoms with Gasteiger partial charge in [0.1, 0.15) is 6.04 Å². The van der Waals surface area contributed by atoms with Crippen molar-refractivity contribution in [3.05, 3.63) is 65.2 Å². The van der Waals surface area contributed by atoms with E-state index in [9.17, 15) is 9.59 Å². The highest BCUT2D eigenvalue weighted by Gasteiger charge is 2.43. The average molecular weight is 330 g/mol. The Morgan fingerprint density at radius 1 is 1.09 bits per heavy atom. The molecular formula is C18H18ClN2O2+. The fraction of sp³-hybridized carbons (Fsp3) is 0.222. The van der Waals surface area contributed by atoms with E-state index in [2.05, 4.69) is 0 Å². The fourth-order valence-corrected chi connectivity index (χ4v) is 3.01. The van der Waals surface area contributed by atoms with E-state index >= 15 is 0 Å². The molecule has 1 aliphatic rings. The highest BCUT2D eigenvalue weighted by molar-refractivity contribution is 6.30. The van der Waals surface area contributed by atoms with Gasteiger partial charge in [-0.25, -0.2) is 4.90 Å². The molecule has 0 radical (unpaired) electrons. The van der Waals surface area contributed by atoms with Crippen LogP contribution < -0.4 is 10.2 Å². The van der Waals surface area contributed by atoms with Crippen LogP contribution in [0, 0.1) is 0 Å². The van der Waals surface area contributed by atoms with Crippen molar-refractivity contribution in [3.63, 3.8) is 0 Å². The minimum absolute atomic E-state index is 0.114. The molecule has 1 heterocycles. The Bertz CT molecular complexity index is 716. The van der Waals surface area contributed by atoms with Crippen molar-refractivity contribution < 1.29 is 14.9 Å². The molecule has 2 N–H and O–H groups in total. The quantitative estimate of drug-likeness (QED) is 0.875. The minimum Gasteiger partial charge on any atom is -0.330 e. The lowest BCUT2D eigenvalue weighted by molar-refractivity contribution is -0.711. The van der Waals surface area contributed by atoms with Crippen LogP contribution in [-0.4, -0.2) is 17.9 Å². The lowest BCUT2D eigenvalue weighted by atomic mass is 10.1. The Kier molecular flexibility index (Phi) is 4.46. The van der Waals surface area contributed by atoms with Crippen molar-refractivity contribution in [3.8, 4) is 0 Å². The van der Waals surface area contributed by atoms with Gasteiger partial charge in [-0.2, -0.15) is 0 Å². The molecule has 0 bridgehead atoms. The normalized spacial score (nSPS) is 19.2. The van der Waals surface area contributed by atoms with Crippen molar-refractivity contribution in [1.29, 1.82) is 0 Å². The summed E-state index contributed by atoms with van der Waals surface area (Å²) in [6.07, 6.45) is 0.221. The number of anilines is 1. The van der Waals surface area contributed by atoms with Crippen molar-refractivity contribution in [2.75, 3.05) is 4.90 Å². The number of halogens is 1. The number of benzene rings is 2. The van der Waals surface area contributed by atoms with Gasteiger partial charge in [0.15, 0.2) is 6.04 Å². The molecule has 1 fully saturated rings. The molecule has 2 aromatic carbocycles. The number of hydrogen-bond donors (Lipinski definition) is 1. The summed E-state index contributed by atoms with van der Waals surface area (Å²) in [5.41, 5.74) is 1.71. The molecule has 2 atom stereocenters. The zero-order valence-electron chi connectivity index (χ0n) is 12.8. The Morgan fingerprint density at radius 3 is 2.39 bits per heavy atom. The van der Waals surface area contributed by atoms with Crippen LogP contribution in [-0.2, 0) is 9.59 Å². The van der Waals surface area contributed by atoms with Crippen LogP contribution in [0.5, 0.6) is 0 Å². The van der Waals surface area contributed by atoms with Crippen LogP contribution in [0.1, 0.15) is 24.9 Å². The summed E-state index contributed by atoms with van der Waals surface area (Å²) in [5.74, 6) is -0.334. The first-order chi connectivity index (χ1) is 11.1. The highest BCUT2D eigenvalue weighted by atomic mass is 35.5. The number of carbonyl (C=O) groups excluding carboxylic acids is 2. The van der Waals surface area contributed by atoms with Crippen LogP contribution >= 0.6 is 11.6 Å². The molecule has 5 heteroatoms. The summed E-state index contributed by atoms with van der Waals surface area (Å²) < 4.78 is 0. The second kappa shape index (κ2) is 6.52. The van der Waals surface area contributed by atoms with Gasteiger partial charge < -0.3 is 5.32 Å². The molecule has 0 aliphatic carbocycles. The molecule has 1 aliphatic heterocycles. The van der Waals surface area contributed by atoms with Gasteiger partial charge in [0.25, 0.3) is 5.91 Å². The van der Waals surface area contributed by atoms with E-state index in [0.717, 1.165) is 5.56 Å². The molecule has 0 unspecified atom stereocenters. The number of nitrogens with two attached hydrogens (primary N) is 1. The third-order valence-corrected chi connectivity index (χ3v) is 4.36. The Labute approximate surface area is 140 Å². The van der Waals surface area contributed by atoms with Crippen LogP contribution in [0.25, 0.3) is 0 Å². The van der Waals surface area contributed by atoms with Crippen molar-refractivity contribution >= 4 is 29.1 Å². The third kappa shape index (κ3) is 3.28. The van der Waals surface area contributed by atoms with Gasteiger partial charge in [0.05, 0.1) is 12.1 Å². The molecule has 0 aromatic heterocycles. The number of quaternary nitrogens is 1. The van der Waals surface area contributed by atoms with E-state index in [1.807, 2.05) is 42.6 Å². The predicted molar refractivity (Wildman–Crippen MR) is 89.1 cm³/mol. The molecule has 2 amide bonds. The Morgan fingerprint density at radius 2 is 1.74 bits per heavy atom. The highest BCUT2D eigenvalue weighted by Crippen LogP contribution is 2.23. The van der Waals surface area contributed by atoms with Gasteiger partial charge in [-0.15, -0.1) is 0 Å². The SMILES string of the molecule is C[C@@H]([NH2+][C@@H]1CC(=O)N(c2ccc(Cl)cc2)C1=O)c1ccccc1. The first kappa shape index (κ1) is 15.7. The second-order valence-corrected chi connectivity index (χ2v) is 6.18. The maximum Gasteiger partial charge on any atom is 0.292 e. The van der Waals surface area contributed by atoms with Gasteiger partial charge in [-0.1, -0.05) is 41.9 Å². The monoisotopic (exact) mass is 329 g/mol. The Hall–Kier alpha value is -2.17. The van der Waals surface area contributed by atoms with Crippen molar-refractivity contribution in [1.82, 2.24) is 0 Å². The van der Waals surface area contributed by atoms with E-state index in [4.69, 9.17) is 11.6 Å². The molecule has 23 heavy (non-hydrogen) atoms. The lowest BCUT2D eigenvalue weighted by Gasteiger charge is -2.16. The average Bonchev–Trinajstić information content (AvgIpc) is 2.83. The van der Waals surface area contributed by atoms with Gasteiger partial charge in [0, 0.05) is 10.6 Å². The van der Waals surface area contributed by atoms with Crippen LogP contribution in [0.2, 0.25) is 5.02 Å². The summed E-state index contributed by atoms with van der Waals surface area (Å²) >= 11 is 5.86. The second-order valence-electron chi connectivity index (χ2n) is 5.75. The van der Waals surface area contributed by atoms with E-state index in [1.165, 1.54) is 4.90 Å². The number of nitrogens with zero attached hydrogens (tertiary/aromatic N) is 1. The summed E-state index contributed by atoms with van der Waals surface area (Å²) in [6, 6.07) is 16.4. The number of amides is 2. The van der Waals surface area contributed by atoms with Crippen LogP contribution in [0.4, 0.5) is 5.69 Å². The summed E-state index contributed by atoms with van der Waals surface area (Å²) in [6.45, 7) is 2.04. The van der Waals surface area contributed by atoms with E-state index in [-0.39, 0.29) is 30.3 Å². The molecule has 4 nitrogen and oxygen atoms in total.